The Morgan fingerprint density at radius 2 is 2.27 bits per heavy atom. The van der Waals surface area contributed by atoms with Gasteiger partial charge in [-0.15, -0.1) is 0 Å². The third-order valence-electron chi connectivity index (χ3n) is 1.99. The maximum atomic E-state index is 10.7. The maximum Gasteiger partial charge on any atom is 0.276 e. The highest BCUT2D eigenvalue weighted by Crippen LogP contribution is 2.29. The van der Waals surface area contributed by atoms with Crippen LogP contribution in [0.3, 0.4) is 0 Å². The van der Waals surface area contributed by atoms with Crippen LogP contribution in [0.5, 0.6) is 0 Å². The molecule has 0 aliphatic rings. The molecule has 1 aromatic rings. The Balaban J connectivity index is 3.10. The van der Waals surface area contributed by atoms with Gasteiger partial charge in [0.05, 0.1) is 16.6 Å². The van der Waals surface area contributed by atoms with Crippen LogP contribution in [0, 0.1) is 10.1 Å². The van der Waals surface area contributed by atoms with E-state index in [1.165, 1.54) is 12.1 Å². The SMILES string of the molecule is NCC[C@@H](O)c1ccc(Br)cc1[N+](=O)[O-]. The summed E-state index contributed by atoms with van der Waals surface area (Å²) < 4.78 is 0.609. The summed E-state index contributed by atoms with van der Waals surface area (Å²) >= 11 is 3.14. The quantitative estimate of drug-likeness (QED) is 0.647. The smallest absolute Gasteiger partial charge is 0.276 e. The van der Waals surface area contributed by atoms with Crippen molar-refractivity contribution < 1.29 is 10.0 Å². The predicted octanol–water partition coefficient (Wildman–Crippen LogP) is 1.74. The zero-order chi connectivity index (χ0) is 11.4. The van der Waals surface area contributed by atoms with E-state index >= 15 is 0 Å². The number of hydrogen-bond donors (Lipinski definition) is 2. The van der Waals surface area contributed by atoms with Crippen LogP contribution in [0.2, 0.25) is 0 Å². The van der Waals surface area contributed by atoms with Gasteiger partial charge in [0.15, 0.2) is 0 Å². The van der Waals surface area contributed by atoms with Gasteiger partial charge in [-0.25, -0.2) is 0 Å². The zero-order valence-electron chi connectivity index (χ0n) is 7.89. The van der Waals surface area contributed by atoms with E-state index in [-0.39, 0.29) is 12.2 Å². The number of nitro benzene ring substituents is 1. The van der Waals surface area contributed by atoms with Crippen molar-refractivity contribution in [2.24, 2.45) is 5.73 Å². The van der Waals surface area contributed by atoms with E-state index in [4.69, 9.17) is 5.73 Å². The third-order valence-corrected chi connectivity index (χ3v) is 2.48. The van der Waals surface area contributed by atoms with Crippen molar-refractivity contribution >= 4 is 21.6 Å². The second kappa shape index (κ2) is 5.20. The molecular formula is C9H11BrN2O3. The summed E-state index contributed by atoms with van der Waals surface area (Å²) in [6, 6.07) is 4.56. The minimum atomic E-state index is -0.886. The summed E-state index contributed by atoms with van der Waals surface area (Å²) in [6.07, 6.45) is -0.578. The van der Waals surface area contributed by atoms with E-state index in [0.717, 1.165) is 0 Å². The van der Waals surface area contributed by atoms with E-state index in [1.807, 2.05) is 0 Å². The minimum Gasteiger partial charge on any atom is -0.388 e. The van der Waals surface area contributed by atoms with E-state index in [0.29, 0.717) is 16.5 Å². The second-order valence-electron chi connectivity index (χ2n) is 3.05. The Hall–Kier alpha value is -0.980. The first kappa shape index (κ1) is 12.1. The molecule has 0 aliphatic heterocycles. The van der Waals surface area contributed by atoms with Crippen molar-refractivity contribution in [3.05, 3.63) is 38.3 Å². The highest BCUT2D eigenvalue weighted by Gasteiger charge is 2.19. The molecule has 5 nitrogen and oxygen atoms in total. The number of nitrogens with two attached hydrogens (primary N) is 1. The molecule has 1 rings (SSSR count). The molecule has 0 amide bonds. The number of nitrogens with zero attached hydrogens (tertiary/aromatic N) is 1. The molecule has 0 aliphatic carbocycles. The Morgan fingerprint density at radius 1 is 1.60 bits per heavy atom. The van der Waals surface area contributed by atoms with E-state index < -0.39 is 11.0 Å². The van der Waals surface area contributed by atoms with E-state index in [9.17, 15) is 15.2 Å². The molecule has 0 saturated heterocycles. The second-order valence-corrected chi connectivity index (χ2v) is 3.97. The van der Waals surface area contributed by atoms with Gasteiger partial charge in [0.1, 0.15) is 0 Å². The number of aliphatic hydroxyl groups excluding tert-OH is 1. The number of nitro groups is 1. The van der Waals surface area contributed by atoms with E-state index in [1.54, 1.807) is 6.07 Å². The molecule has 0 unspecified atom stereocenters. The number of halogens is 1. The van der Waals surface area contributed by atoms with Crippen LogP contribution in [0.25, 0.3) is 0 Å². The molecule has 0 bridgehead atoms. The molecule has 15 heavy (non-hydrogen) atoms. The Kier molecular flexibility index (Phi) is 4.19. The standard InChI is InChI=1S/C9H11BrN2O3/c10-6-1-2-7(9(13)3-4-11)8(5-6)12(14)15/h1-2,5,9,13H,3-4,11H2/t9-/m1/s1. The van der Waals surface area contributed by atoms with Crippen molar-refractivity contribution in [2.45, 2.75) is 12.5 Å². The fraction of sp³-hybridized carbons (Fsp3) is 0.333. The molecule has 1 aromatic carbocycles. The lowest BCUT2D eigenvalue weighted by atomic mass is 10.0. The first-order chi connectivity index (χ1) is 7.06. The van der Waals surface area contributed by atoms with Crippen LogP contribution in [0.15, 0.2) is 22.7 Å². The van der Waals surface area contributed by atoms with Crippen molar-refractivity contribution in [3.8, 4) is 0 Å². The van der Waals surface area contributed by atoms with Crippen LogP contribution in [0.4, 0.5) is 5.69 Å². The Morgan fingerprint density at radius 3 is 2.80 bits per heavy atom. The van der Waals surface area contributed by atoms with Crippen molar-refractivity contribution in [3.63, 3.8) is 0 Å². The van der Waals surface area contributed by atoms with Crippen LogP contribution in [0.1, 0.15) is 18.1 Å². The highest BCUT2D eigenvalue weighted by atomic mass is 79.9. The van der Waals surface area contributed by atoms with Gasteiger partial charge in [-0.2, -0.15) is 0 Å². The molecule has 0 fully saturated rings. The fourth-order valence-corrected chi connectivity index (χ4v) is 1.62. The number of benzene rings is 1. The first-order valence-electron chi connectivity index (χ1n) is 4.38. The predicted molar refractivity (Wildman–Crippen MR) is 59.4 cm³/mol. The normalized spacial score (nSPS) is 12.5. The van der Waals surface area contributed by atoms with Gasteiger partial charge in [-0.3, -0.25) is 10.1 Å². The molecule has 0 heterocycles. The van der Waals surface area contributed by atoms with Gasteiger partial charge >= 0.3 is 0 Å². The van der Waals surface area contributed by atoms with Crippen LogP contribution >= 0.6 is 15.9 Å². The molecule has 6 heteroatoms. The Bertz CT molecular complexity index is 370. The molecule has 0 spiro atoms. The van der Waals surface area contributed by atoms with Gasteiger partial charge in [0.25, 0.3) is 5.69 Å². The number of rotatable bonds is 4. The summed E-state index contributed by atoms with van der Waals surface area (Å²) in [5.41, 5.74) is 5.49. The third kappa shape index (κ3) is 2.98. The lowest BCUT2D eigenvalue weighted by molar-refractivity contribution is -0.386. The average molecular weight is 275 g/mol. The summed E-state index contributed by atoms with van der Waals surface area (Å²) in [4.78, 5) is 10.2. The summed E-state index contributed by atoms with van der Waals surface area (Å²) in [6.45, 7) is 0.286. The minimum absolute atomic E-state index is 0.0923. The van der Waals surface area contributed by atoms with Gasteiger partial charge in [0, 0.05) is 10.5 Å². The summed E-state index contributed by atoms with van der Waals surface area (Å²) in [5, 5.41) is 20.4. The molecule has 0 aromatic heterocycles. The van der Waals surface area contributed by atoms with Crippen LogP contribution in [-0.2, 0) is 0 Å². The monoisotopic (exact) mass is 274 g/mol. The molecule has 1 atom stereocenters. The average Bonchev–Trinajstić information content (AvgIpc) is 2.17. The molecule has 3 N–H and O–H groups in total. The molecule has 82 valence electrons. The Labute approximate surface area is 95.2 Å². The van der Waals surface area contributed by atoms with Crippen molar-refractivity contribution in [2.75, 3.05) is 6.54 Å². The van der Waals surface area contributed by atoms with Crippen LogP contribution in [-0.4, -0.2) is 16.6 Å². The number of hydrogen-bond acceptors (Lipinski definition) is 4. The highest BCUT2D eigenvalue weighted by molar-refractivity contribution is 9.10. The van der Waals surface area contributed by atoms with Crippen LogP contribution < -0.4 is 5.73 Å². The molecule has 0 saturated carbocycles. The zero-order valence-corrected chi connectivity index (χ0v) is 9.48. The summed E-state index contributed by atoms with van der Waals surface area (Å²) in [7, 11) is 0. The lowest BCUT2D eigenvalue weighted by Crippen LogP contribution is -2.08. The molecule has 0 radical (unpaired) electrons. The van der Waals surface area contributed by atoms with Gasteiger partial charge in [-0.05, 0) is 25.1 Å². The van der Waals surface area contributed by atoms with Gasteiger partial charge in [-0.1, -0.05) is 15.9 Å². The summed E-state index contributed by atoms with van der Waals surface area (Å²) in [5.74, 6) is 0. The largest absolute Gasteiger partial charge is 0.388 e. The van der Waals surface area contributed by atoms with Crippen molar-refractivity contribution in [1.29, 1.82) is 0 Å². The first-order valence-corrected chi connectivity index (χ1v) is 5.17. The lowest BCUT2D eigenvalue weighted by Gasteiger charge is -2.09. The topological polar surface area (TPSA) is 89.4 Å². The van der Waals surface area contributed by atoms with Crippen molar-refractivity contribution in [1.82, 2.24) is 0 Å². The van der Waals surface area contributed by atoms with Gasteiger partial charge < -0.3 is 10.8 Å². The number of aliphatic hydroxyl groups is 1. The molecular weight excluding hydrogens is 264 g/mol. The maximum absolute atomic E-state index is 10.7. The van der Waals surface area contributed by atoms with E-state index in [2.05, 4.69) is 15.9 Å². The van der Waals surface area contributed by atoms with Gasteiger partial charge in [0.2, 0.25) is 0 Å². The fourth-order valence-electron chi connectivity index (χ4n) is 1.27.